The lowest BCUT2D eigenvalue weighted by atomic mass is 10.1. The lowest BCUT2D eigenvalue weighted by molar-refractivity contribution is 0.313. The van der Waals surface area contributed by atoms with Crippen molar-refractivity contribution in [3.05, 3.63) is 73.1 Å². The van der Waals surface area contributed by atoms with Gasteiger partial charge < -0.3 is 20.9 Å². The van der Waals surface area contributed by atoms with Gasteiger partial charge in [-0.05, 0) is 47.8 Å². The van der Waals surface area contributed by atoms with Crippen LogP contribution in [0.5, 0.6) is 0 Å². The summed E-state index contributed by atoms with van der Waals surface area (Å²) in [5.74, 6) is 0.770. The third-order valence-corrected chi connectivity index (χ3v) is 6.77. The van der Waals surface area contributed by atoms with Gasteiger partial charge in [-0.1, -0.05) is 42.2 Å². The van der Waals surface area contributed by atoms with Crippen LogP contribution in [0.2, 0.25) is 0 Å². The van der Waals surface area contributed by atoms with Crippen molar-refractivity contribution in [1.29, 1.82) is 0 Å². The second-order valence-corrected chi connectivity index (χ2v) is 9.20. The van der Waals surface area contributed by atoms with Crippen molar-refractivity contribution in [2.45, 2.75) is 0 Å². The first kappa shape index (κ1) is 20.5. The first-order valence-corrected chi connectivity index (χ1v) is 11.5. The van der Waals surface area contributed by atoms with E-state index in [4.69, 9.17) is 5.73 Å². The first-order valence-electron chi connectivity index (χ1n) is 10.7. The van der Waals surface area contributed by atoms with Crippen molar-refractivity contribution in [3.63, 3.8) is 0 Å². The number of benzene rings is 2. The Bertz CT molecular complexity index is 1260. The van der Waals surface area contributed by atoms with Crippen LogP contribution in [0.3, 0.4) is 0 Å². The Hall–Kier alpha value is -3.42. The fourth-order valence-electron chi connectivity index (χ4n) is 3.95. The number of nitrogen functional groups attached to an aromatic ring is 1. The molecule has 2 aromatic carbocycles. The minimum Gasteiger partial charge on any atom is -0.375 e. The molecule has 5 rings (SSSR count). The normalized spacial score (nSPS) is 14.6. The van der Waals surface area contributed by atoms with Gasteiger partial charge in [0.25, 0.3) is 0 Å². The highest BCUT2D eigenvalue weighted by Crippen LogP contribution is 2.31. The molecule has 1 aliphatic heterocycles. The van der Waals surface area contributed by atoms with E-state index < -0.39 is 0 Å². The number of piperazine rings is 1. The van der Waals surface area contributed by atoms with Crippen molar-refractivity contribution < 1.29 is 0 Å². The van der Waals surface area contributed by atoms with E-state index in [-0.39, 0.29) is 0 Å². The predicted octanol–water partition coefficient (Wildman–Crippen LogP) is 4.78. The Balaban J connectivity index is 1.31. The summed E-state index contributed by atoms with van der Waals surface area (Å²) in [5, 5.41) is 6.12. The van der Waals surface area contributed by atoms with E-state index >= 15 is 0 Å². The Morgan fingerprint density at radius 3 is 2.47 bits per heavy atom. The Morgan fingerprint density at radius 2 is 1.75 bits per heavy atom. The number of aromatic nitrogens is 2. The van der Waals surface area contributed by atoms with Crippen molar-refractivity contribution in [2.75, 3.05) is 49.2 Å². The number of likely N-dealkylation sites (N-methyl/N-ethyl adjacent to an activating group) is 1. The van der Waals surface area contributed by atoms with Crippen LogP contribution < -0.4 is 16.0 Å². The van der Waals surface area contributed by atoms with E-state index in [0.717, 1.165) is 64.5 Å². The molecule has 0 unspecified atom stereocenters. The fraction of sp³-hybridized carbons (Fsp3) is 0.200. The number of pyridine rings is 1. The molecule has 3 heterocycles. The van der Waals surface area contributed by atoms with Crippen molar-refractivity contribution in [1.82, 2.24) is 14.9 Å². The first-order chi connectivity index (χ1) is 15.5. The maximum atomic E-state index is 5.79. The molecule has 1 fully saturated rings. The Morgan fingerprint density at radius 1 is 0.969 bits per heavy atom. The number of thiazole rings is 1. The zero-order valence-corrected chi connectivity index (χ0v) is 18.9. The molecule has 0 aliphatic carbocycles. The van der Waals surface area contributed by atoms with E-state index in [9.17, 15) is 0 Å². The van der Waals surface area contributed by atoms with Gasteiger partial charge in [0.05, 0.1) is 4.88 Å². The summed E-state index contributed by atoms with van der Waals surface area (Å²) in [6.45, 7) is 8.55. The van der Waals surface area contributed by atoms with E-state index in [2.05, 4.69) is 81.2 Å². The fourth-order valence-corrected chi connectivity index (χ4v) is 4.63. The van der Waals surface area contributed by atoms with E-state index in [1.54, 1.807) is 0 Å². The minimum atomic E-state index is 0.576. The summed E-state index contributed by atoms with van der Waals surface area (Å²) in [6, 6.07) is 16.9. The maximum absolute atomic E-state index is 5.79. The molecule has 6 nitrogen and oxygen atoms in total. The second kappa shape index (κ2) is 8.61. The second-order valence-electron chi connectivity index (χ2n) is 8.13. The highest BCUT2D eigenvalue weighted by molar-refractivity contribution is 7.18. The SMILES string of the molecule is C=C(Nc1cc2cc(-c3cnc(N)s3)ccc2cn1)c1ccc(N2CCN(C)CC2)cc1. The van der Waals surface area contributed by atoms with Crippen LogP contribution in [0.15, 0.2) is 67.5 Å². The summed E-state index contributed by atoms with van der Waals surface area (Å²) in [4.78, 5) is 14.6. The average molecular weight is 443 g/mol. The molecule has 162 valence electrons. The van der Waals surface area contributed by atoms with Crippen molar-refractivity contribution in [2.24, 2.45) is 0 Å². The van der Waals surface area contributed by atoms with E-state index in [1.807, 2.05) is 18.5 Å². The van der Waals surface area contributed by atoms with Crippen LogP contribution in [-0.2, 0) is 0 Å². The predicted molar refractivity (Wildman–Crippen MR) is 136 cm³/mol. The quantitative estimate of drug-likeness (QED) is 0.464. The topological polar surface area (TPSA) is 70.3 Å². The Kier molecular flexibility index (Phi) is 5.51. The van der Waals surface area contributed by atoms with Gasteiger partial charge in [-0.15, -0.1) is 0 Å². The minimum absolute atomic E-state index is 0.576. The number of fused-ring (bicyclic) bond motifs is 1. The highest BCUT2D eigenvalue weighted by Gasteiger charge is 2.14. The standard InChI is InChI=1S/C25H26N6S/c1-17(18-5-7-22(8-6-18)31-11-9-30(2)10-12-31)29-24-14-21-13-19(3-4-20(21)15-27-24)23-16-28-25(26)32-23/h3-8,13-16H,1,9-12H2,2H3,(H2,26,28)(H,27,29). The molecule has 0 atom stereocenters. The lowest BCUT2D eigenvalue weighted by Gasteiger charge is -2.34. The van der Waals surface area contributed by atoms with Gasteiger partial charge >= 0.3 is 0 Å². The molecule has 4 aromatic rings. The zero-order valence-electron chi connectivity index (χ0n) is 18.1. The van der Waals surface area contributed by atoms with Crippen molar-refractivity contribution in [3.8, 4) is 10.4 Å². The monoisotopic (exact) mass is 442 g/mol. The lowest BCUT2D eigenvalue weighted by Crippen LogP contribution is -2.44. The molecule has 2 aromatic heterocycles. The van der Waals surface area contributed by atoms with Gasteiger partial charge in [0.1, 0.15) is 5.82 Å². The summed E-state index contributed by atoms with van der Waals surface area (Å²) in [7, 11) is 2.17. The van der Waals surface area contributed by atoms with Crippen LogP contribution in [0.25, 0.3) is 26.9 Å². The van der Waals surface area contributed by atoms with Crippen LogP contribution >= 0.6 is 11.3 Å². The maximum Gasteiger partial charge on any atom is 0.180 e. The number of hydrogen-bond donors (Lipinski definition) is 2. The molecule has 1 saturated heterocycles. The molecular weight excluding hydrogens is 416 g/mol. The molecule has 0 bridgehead atoms. The molecule has 0 saturated carbocycles. The van der Waals surface area contributed by atoms with Crippen LogP contribution in [0.1, 0.15) is 5.56 Å². The molecule has 0 amide bonds. The van der Waals surface area contributed by atoms with Gasteiger partial charge in [-0.2, -0.15) is 0 Å². The molecule has 1 aliphatic rings. The van der Waals surface area contributed by atoms with Gasteiger partial charge in [0.15, 0.2) is 5.13 Å². The number of anilines is 3. The average Bonchev–Trinajstić information content (AvgIpc) is 3.25. The summed E-state index contributed by atoms with van der Waals surface area (Å²) in [5.41, 5.74) is 10.0. The smallest absolute Gasteiger partial charge is 0.180 e. The van der Waals surface area contributed by atoms with Gasteiger partial charge in [0.2, 0.25) is 0 Å². The highest BCUT2D eigenvalue weighted by atomic mass is 32.1. The zero-order chi connectivity index (χ0) is 22.1. The summed E-state index contributed by atoms with van der Waals surface area (Å²) >= 11 is 1.49. The van der Waals surface area contributed by atoms with Gasteiger partial charge in [-0.25, -0.2) is 9.97 Å². The largest absolute Gasteiger partial charge is 0.375 e. The number of rotatable bonds is 5. The molecule has 32 heavy (non-hydrogen) atoms. The molecule has 0 spiro atoms. The van der Waals surface area contributed by atoms with Crippen molar-refractivity contribution >= 4 is 44.4 Å². The summed E-state index contributed by atoms with van der Waals surface area (Å²) in [6.07, 6.45) is 3.70. The number of nitrogens with one attached hydrogen (secondary N) is 1. The molecular formula is C25H26N6S. The van der Waals surface area contributed by atoms with Gasteiger partial charge in [-0.3, -0.25) is 0 Å². The third kappa shape index (κ3) is 4.30. The van der Waals surface area contributed by atoms with E-state index in [0.29, 0.717) is 5.13 Å². The van der Waals surface area contributed by atoms with Crippen LogP contribution in [0, 0.1) is 0 Å². The van der Waals surface area contributed by atoms with Gasteiger partial charge in [0, 0.05) is 55.3 Å². The van der Waals surface area contributed by atoms with Crippen LogP contribution in [-0.4, -0.2) is 48.1 Å². The summed E-state index contributed by atoms with van der Waals surface area (Å²) < 4.78 is 0. The number of nitrogens with zero attached hydrogens (tertiary/aromatic N) is 4. The number of hydrogen-bond acceptors (Lipinski definition) is 7. The Labute approximate surface area is 192 Å². The number of nitrogens with two attached hydrogens (primary N) is 1. The molecule has 0 radical (unpaired) electrons. The molecule has 7 heteroatoms. The molecule has 3 N–H and O–H groups in total. The third-order valence-electron chi connectivity index (χ3n) is 5.89. The van der Waals surface area contributed by atoms with E-state index in [1.165, 1.54) is 17.0 Å². The van der Waals surface area contributed by atoms with Crippen LogP contribution in [0.4, 0.5) is 16.6 Å².